The fraction of sp³-hybridized carbons (Fsp3) is 0.500. The summed E-state index contributed by atoms with van der Waals surface area (Å²) in [6, 6.07) is 0. The third-order valence-corrected chi connectivity index (χ3v) is 2.29. The minimum atomic E-state index is -0.205. The molecule has 0 spiro atoms. The van der Waals surface area contributed by atoms with Gasteiger partial charge in [-0.05, 0) is 10.4 Å². The Labute approximate surface area is 89.9 Å². The van der Waals surface area contributed by atoms with Crippen LogP contribution in [0.15, 0.2) is 0 Å². The number of aryl methyl sites for hydroxylation is 1. The molecule has 0 aliphatic carbocycles. The molecule has 1 aromatic rings. The van der Waals surface area contributed by atoms with E-state index in [2.05, 4.69) is 25.9 Å². The van der Waals surface area contributed by atoms with E-state index < -0.39 is 0 Å². The first-order chi connectivity index (χ1) is 7.18. The summed E-state index contributed by atoms with van der Waals surface area (Å²) in [6.07, 6.45) is 0.601. The summed E-state index contributed by atoms with van der Waals surface area (Å²) in [5.74, 6) is 1.04. The standard InChI is InChI=1S/C6H11N7OS/c7-6(8)9-3-5(14)15-2-1-4-10-12-13-11-4/h1-3H2,(H4,7,8,9)(H,10,11,12,13). The molecule has 0 bridgehead atoms. The van der Waals surface area contributed by atoms with Gasteiger partial charge in [0.15, 0.2) is 5.96 Å². The van der Waals surface area contributed by atoms with Crippen molar-refractivity contribution in [2.75, 3.05) is 12.3 Å². The first-order valence-corrected chi connectivity index (χ1v) is 5.13. The minimum absolute atomic E-state index is 0.0641. The van der Waals surface area contributed by atoms with Crippen molar-refractivity contribution in [1.82, 2.24) is 25.9 Å². The predicted molar refractivity (Wildman–Crippen MR) is 55.3 cm³/mol. The number of aromatic nitrogens is 4. The van der Waals surface area contributed by atoms with Crippen LogP contribution in [0.5, 0.6) is 0 Å². The number of hydrogen-bond acceptors (Lipinski definition) is 6. The van der Waals surface area contributed by atoms with Gasteiger partial charge < -0.3 is 11.1 Å². The fourth-order valence-corrected chi connectivity index (χ4v) is 1.46. The molecule has 82 valence electrons. The van der Waals surface area contributed by atoms with Crippen LogP contribution < -0.4 is 11.1 Å². The van der Waals surface area contributed by atoms with E-state index in [-0.39, 0.29) is 17.6 Å². The highest BCUT2D eigenvalue weighted by molar-refractivity contribution is 8.13. The molecule has 0 aliphatic rings. The largest absolute Gasteiger partial charge is 0.370 e. The topological polar surface area (TPSA) is 133 Å². The molecule has 0 fully saturated rings. The van der Waals surface area contributed by atoms with Gasteiger partial charge in [0.2, 0.25) is 5.12 Å². The zero-order valence-electron chi connectivity index (χ0n) is 7.86. The summed E-state index contributed by atoms with van der Waals surface area (Å²) in [5.41, 5.74) is 5.03. The van der Waals surface area contributed by atoms with Gasteiger partial charge in [-0.2, -0.15) is 0 Å². The lowest BCUT2D eigenvalue weighted by atomic mass is 10.5. The summed E-state index contributed by atoms with van der Waals surface area (Å²) in [4.78, 5) is 11.2. The molecule has 1 rings (SSSR count). The van der Waals surface area contributed by atoms with E-state index in [9.17, 15) is 4.79 Å². The fourth-order valence-electron chi connectivity index (χ4n) is 0.765. The normalized spacial score (nSPS) is 9.87. The molecule has 1 heterocycles. The maximum absolute atomic E-state index is 11.2. The number of tetrazole rings is 1. The van der Waals surface area contributed by atoms with E-state index in [1.54, 1.807) is 0 Å². The van der Waals surface area contributed by atoms with Crippen molar-refractivity contribution in [3.8, 4) is 0 Å². The first-order valence-electron chi connectivity index (χ1n) is 4.14. The lowest BCUT2D eigenvalue weighted by Gasteiger charge is -2.01. The van der Waals surface area contributed by atoms with Gasteiger partial charge >= 0.3 is 0 Å². The van der Waals surface area contributed by atoms with E-state index >= 15 is 0 Å². The number of carbonyl (C=O) groups is 1. The molecule has 0 aromatic carbocycles. The van der Waals surface area contributed by atoms with Gasteiger partial charge in [0.1, 0.15) is 5.82 Å². The molecule has 0 aliphatic heterocycles. The highest BCUT2D eigenvalue weighted by Crippen LogP contribution is 2.03. The molecule has 0 unspecified atom stereocenters. The van der Waals surface area contributed by atoms with Crippen LogP contribution >= 0.6 is 11.8 Å². The molecule has 0 saturated carbocycles. The van der Waals surface area contributed by atoms with Crippen LogP contribution in [0.25, 0.3) is 0 Å². The quantitative estimate of drug-likeness (QED) is 0.356. The molecule has 1 aromatic heterocycles. The second-order valence-electron chi connectivity index (χ2n) is 2.59. The van der Waals surface area contributed by atoms with Crippen LogP contribution in [0.1, 0.15) is 5.82 Å². The van der Waals surface area contributed by atoms with Gasteiger partial charge in [-0.15, -0.1) is 5.10 Å². The SMILES string of the molecule is N=C(N)NCC(=O)SCCc1nnn[nH]1. The number of nitrogens with one attached hydrogen (secondary N) is 3. The van der Waals surface area contributed by atoms with Crippen LogP contribution in [0.4, 0.5) is 0 Å². The van der Waals surface area contributed by atoms with Crippen molar-refractivity contribution in [3.05, 3.63) is 5.82 Å². The Bertz CT molecular complexity index is 324. The summed E-state index contributed by atoms with van der Waals surface area (Å²) in [6.45, 7) is 0.0641. The van der Waals surface area contributed by atoms with E-state index in [1.807, 2.05) is 0 Å². The van der Waals surface area contributed by atoms with Crippen molar-refractivity contribution in [3.63, 3.8) is 0 Å². The van der Waals surface area contributed by atoms with Crippen LogP contribution in [-0.4, -0.2) is 44.0 Å². The number of nitrogens with zero attached hydrogens (tertiary/aromatic N) is 3. The van der Waals surface area contributed by atoms with E-state index in [4.69, 9.17) is 11.1 Å². The summed E-state index contributed by atoms with van der Waals surface area (Å²) in [5, 5.41) is 22.3. The summed E-state index contributed by atoms with van der Waals surface area (Å²) < 4.78 is 0. The number of guanidine groups is 1. The Morgan fingerprint density at radius 3 is 3.07 bits per heavy atom. The predicted octanol–water partition coefficient (Wildman–Crippen LogP) is -1.51. The molecule has 0 amide bonds. The van der Waals surface area contributed by atoms with Crippen molar-refractivity contribution in [2.24, 2.45) is 5.73 Å². The average Bonchev–Trinajstić information content (AvgIpc) is 2.67. The molecule has 0 radical (unpaired) electrons. The second kappa shape index (κ2) is 5.96. The van der Waals surface area contributed by atoms with Gasteiger partial charge in [-0.25, -0.2) is 5.10 Å². The maximum atomic E-state index is 11.2. The molecule has 0 saturated heterocycles. The lowest BCUT2D eigenvalue weighted by molar-refractivity contribution is -0.110. The number of hydrogen-bond donors (Lipinski definition) is 4. The second-order valence-corrected chi connectivity index (χ2v) is 3.74. The number of rotatable bonds is 5. The third-order valence-electron chi connectivity index (χ3n) is 1.41. The number of carbonyl (C=O) groups excluding carboxylic acids is 1. The summed E-state index contributed by atoms with van der Waals surface area (Å²) >= 11 is 1.15. The Hall–Kier alpha value is -1.64. The zero-order valence-corrected chi connectivity index (χ0v) is 8.67. The molecule has 9 heteroatoms. The Morgan fingerprint density at radius 1 is 1.67 bits per heavy atom. The van der Waals surface area contributed by atoms with Crippen molar-refractivity contribution < 1.29 is 4.79 Å². The van der Waals surface area contributed by atoms with Gasteiger partial charge in [0.25, 0.3) is 0 Å². The highest BCUT2D eigenvalue weighted by Gasteiger charge is 2.04. The number of nitrogens with two attached hydrogens (primary N) is 1. The Kier molecular flexibility index (Phi) is 4.54. The van der Waals surface area contributed by atoms with E-state index in [0.29, 0.717) is 18.0 Å². The number of H-pyrrole nitrogens is 1. The van der Waals surface area contributed by atoms with Crippen molar-refractivity contribution >= 4 is 22.8 Å². The number of aromatic amines is 1. The zero-order chi connectivity index (χ0) is 11.1. The highest BCUT2D eigenvalue weighted by atomic mass is 32.2. The van der Waals surface area contributed by atoms with E-state index in [1.165, 1.54) is 0 Å². The third kappa shape index (κ3) is 4.96. The first kappa shape index (κ1) is 11.4. The lowest BCUT2D eigenvalue weighted by Crippen LogP contribution is -2.33. The monoisotopic (exact) mass is 229 g/mol. The molecule has 8 nitrogen and oxygen atoms in total. The Balaban J connectivity index is 2.09. The van der Waals surface area contributed by atoms with Gasteiger partial charge in [0, 0.05) is 12.2 Å². The number of thioether (sulfide) groups is 1. The van der Waals surface area contributed by atoms with Crippen molar-refractivity contribution in [1.29, 1.82) is 5.41 Å². The molecule has 5 N–H and O–H groups in total. The van der Waals surface area contributed by atoms with Gasteiger partial charge in [0.05, 0.1) is 6.54 Å². The van der Waals surface area contributed by atoms with Crippen LogP contribution in [0.2, 0.25) is 0 Å². The smallest absolute Gasteiger partial charge is 0.208 e. The Morgan fingerprint density at radius 2 is 2.47 bits per heavy atom. The van der Waals surface area contributed by atoms with E-state index in [0.717, 1.165) is 11.8 Å². The average molecular weight is 229 g/mol. The maximum Gasteiger partial charge on any atom is 0.208 e. The van der Waals surface area contributed by atoms with Gasteiger partial charge in [-0.1, -0.05) is 11.8 Å². The minimum Gasteiger partial charge on any atom is -0.370 e. The van der Waals surface area contributed by atoms with Gasteiger partial charge in [-0.3, -0.25) is 10.2 Å². The van der Waals surface area contributed by atoms with Crippen LogP contribution in [0.3, 0.4) is 0 Å². The van der Waals surface area contributed by atoms with Crippen molar-refractivity contribution in [2.45, 2.75) is 6.42 Å². The molecular weight excluding hydrogens is 218 g/mol. The summed E-state index contributed by atoms with van der Waals surface area (Å²) in [7, 11) is 0. The van der Waals surface area contributed by atoms with Crippen LogP contribution in [-0.2, 0) is 11.2 Å². The molecular formula is C6H11N7OS. The molecule has 15 heavy (non-hydrogen) atoms. The van der Waals surface area contributed by atoms with Crippen LogP contribution in [0, 0.1) is 5.41 Å². The molecule has 0 atom stereocenters.